The number of benzene rings is 3. The number of carbonyl (C=O) groups excluding carboxylic acids is 1. The van der Waals surface area contributed by atoms with Crippen molar-refractivity contribution in [1.29, 1.82) is 0 Å². The number of para-hydroxylation sites is 1. The molecule has 3 aromatic carbocycles. The van der Waals surface area contributed by atoms with Crippen LogP contribution in [0.4, 0.5) is 5.69 Å². The molecule has 0 saturated heterocycles. The van der Waals surface area contributed by atoms with Crippen molar-refractivity contribution in [3.05, 3.63) is 94.0 Å². The smallest absolute Gasteiger partial charge is 0.244 e. The predicted molar refractivity (Wildman–Crippen MR) is 113 cm³/mol. The summed E-state index contributed by atoms with van der Waals surface area (Å²) >= 11 is 6.30. The lowest BCUT2D eigenvalue weighted by Crippen LogP contribution is -2.37. The molecule has 0 radical (unpaired) electrons. The highest BCUT2D eigenvalue weighted by Crippen LogP contribution is 2.51. The molecule has 3 aromatic rings. The molecule has 0 aliphatic carbocycles. The molecule has 1 unspecified atom stereocenters. The van der Waals surface area contributed by atoms with Crippen molar-refractivity contribution in [3.63, 3.8) is 0 Å². The molecule has 28 heavy (non-hydrogen) atoms. The number of anilines is 1. The monoisotopic (exact) mass is 391 g/mol. The number of aromatic hydroxyl groups is 1. The second-order valence-corrected chi connectivity index (χ2v) is 8.68. The number of hydrogen-bond donors (Lipinski definition) is 2. The fraction of sp³-hybridized carbons (Fsp3) is 0.208. The van der Waals surface area contributed by atoms with Crippen molar-refractivity contribution in [3.8, 4) is 5.75 Å². The number of fused-ring (bicyclic) bond motifs is 1. The second-order valence-electron chi connectivity index (χ2n) is 8.24. The van der Waals surface area contributed by atoms with Gasteiger partial charge >= 0.3 is 0 Å². The van der Waals surface area contributed by atoms with Crippen molar-refractivity contribution >= 4 is 23.2 Å². The van der Waals surface area contributed by atoms with Crippen molar-refractivity contribution in [1.82, 2.24) is 0 Å². The third kappa shape index (κ3) is 2.70. The normalized spacial score (nSPS) is 18.6. The van der Waals surface area contributed by atoms with Crippen LogP contribution in [-0.4, -0.2) is 11.0 Å². The summed E-state index contributed by atoms with van der Waals surface area (Å²) in [6.07, 6.45) is 0. The lowest BCUT2D eigenvalue weighted by molar-refractivity contribution is -0.118. The van der Waals surface area contributed by atoms with Gasteiger partial charge in [-0.15, -0.1) is 0 Å². The Morgan fingerprint density at radius 2 is 1.68 bits per heavy atom. The molecule has 3 nitrogen and oxygen atoms in total. The van der Waals surface area contributed by atoms with E-state index in [2.05, 4.69) is 26.1 Å². The van der Waals surface area contributed by atoms with E-state index in [1.54, 1.807) is 18.2 Å². The van der Waals surface area contributed by atoms with E-state index >= 15 is 0 Å². The van der Waals surface area contributed by atoms with E-state index in [9.17, 15) is 9.90 Å². The van der Waals surface area contributed by atoms with Gasteiger partial charge in [-0.3, -0.25) is 4.79 Å². The fourth-order valence-electron chi connectivity index (χ4n) is 3.99. The van der Waals surface area contributed by atoms with Crippen LogP contribution in [0.5, 0.6) is 5.75 Å². The zero-order valence-corrected chi connectivity index (χ0v) is 16.8. The molecule has 1 atom stereocenters. The van der Waals surface area contributed by atoms with Crippen LogP contribution < -0.4 is 5.32 Å². The number of rotatable bonds is 2. The highest BCUT2D eigenvalue weighted by atomic mass is 35.5. The maximum atomic E-state index is 13.5. The molecule has 0 fully saturated rings. The van der Waals surface area contributed by atoms with Gasteiger partial charge in [-0.2, -0.15) is 0 Å². The fourth-order valence-corrected chi connectivity index (χ4v) is 4.18. The van der Waals surface area contributed by atoms with Crippen molar-refractivity contribution in [2.24, 2.45) is 0 Å². The molecule has 0 aromatic heterocycles. The first-order chi connectivity index (χ1) is 13.2. The number of nitrogens with one attached hydrogen (secondary N) is 1. The van der Waals surface area contributed by atoms with E-state index in [0.29, 0.717) is 10.6 Å². The molecule has 0 bridgehead atoms. The van der Waals surface area contributed by atoms with Gasteiger partial charge in [-0.25, -0.2) is 0 Å². The Labute approximate surface area is 170 Å². The third-order valence-corrected chi connectivity index (χ3v) is 5.68. The van der Waals surface area contributed by atoms with Gasteiger partial charge in [-0.05, 0) is 46.9 Å². The molecule has 4 rings (SSSR count). The van der Waals surface area contributed by atoms with Crippen LogP contribution in [0.2, 0.25) is 5.02 Å². The number of hydrogen-bond acceptors (Lipinski definition) is 2. The van der Waals surface area contributed by atoms with Gasteiger partial charge in [0.15, 0.2) is 0 Å². The summed E-state index contributed by atoms with van der Waals surface area (Å²) in [5.74, 6) is -0.114. The molecule has 2 N–H and O–H groups in total. The second kappa shape index (κ2) is 6.39. The minimum atomic E-state index is -1.17. The van der Waals surface area contributed by atoms with Gasteiger partial charge in [0.25, 0.3) is 0 Å². The van der Waals surface area contributed by atoms with Gasteiger partial charge in [0.1, 0.15) is 11.2 Å². The van der Waals surface area contributed by atoms with E-state index in [0.717, 1.165) is 22.4 Å². The summed E-state index contributed by atoms with van der Waals surface area (Å²) in [6.45, 7) is 6.33. The maximum Gasteiger partial charge on any atom is 0.244 e. The highest BCUT2D eigenvalue weighted by Gasteiger charge is 2.51. The standard InChI is InChI=1S/C24H22ClNO2/c1-23(2,3)15-11-12-21(27)19(14-15)24(16-7-6-8-17(25)13-16)18-9-4-5-10-20(18)26-22(24)28/h4-14,27H,1-3H3,(H,26,28). The lowest BCUT2D eigenvalue weighted by atomic mass is 9.68. The molecule has 1 amide bonds. The molecule has 142 valence electrons. The highest BCUT2D eigenvalue weighted by molar-refractivity contribution is 6.30. The molecular weight excluding hydrogens is 370 g/mol. The van der Waals surface area contributed by atoms with Crippen LogP contribution in [0.1, 0.15) is 43.0 Å². The van der Waals surface area contributed by atoms with E-state index < -0.39 is 5.41 Å². The summed E-state index contributed by atoms with van der Waals surface area (Å²) in [5.41, 5.74) is 2.57. The number of amides is 1. The average Bonchev–Trinajstić information content (AvgIpc) is 2.94. The van der Waals surface area contributed by atoms with Crippen LogP contribution in [0.3, 0.4) is 0 Å². The molecule has 0 saturated carbocycles. The number of halogens is 1. The van der Waals surface area contributed by atoms with E-state index in [-0.39, 0.29) is 17.1 Å². The van der Waals surface area contributed by atoms with Crippen LogP contribution in [0.15, 0.2) is 66.7 Å². The zero-order valence-electron chi connectivity index (χ0n) is 16.1. The summed E-state index contributed by atoms with van der Waals surface area (Å²) < 4.78 is 0. The minimum Gasteiger partial charge on any atom is -0.508 e. The van der Waals surface area contributed by atoms with E-state index in [4.69, 9.17) is 11.6 Å². The van der Waals surface area contributed by atoms with Gasteiger partial charge < -0.3 is 10.4 Å². The van der Waals surface area contributed by atoms with Crippen molar-refractivity contribution < 1.29 is 9.90 Å². The van der Waals surface area contributed by atoms with Crippen LogP contribution in [-0.2, 0) is 15.6 Å². The topological polar surface area (TPSA) is 49.3 Å². The maximum absolute atomic E-state index is 13.5. The van der Waals surface area contributed by atoms with E-state index in [1.807, 2.05) is 48.5 Å². The lowest BCUT2D eigenvalue weighted by Gasteiger charge is -2.31. The van der Waals surface area contributed by atoms with Gasteiger partial charge in [-0.1, -0.05) is 68.8 Å². The zero-order chi connectivity index (χ0) is 20.1. The van der Waals surface area contributed by atoms with Crippen LogP contribution in [0, 0.1) is 0 Å². The van der Waals surface area contributed by atoms with Gasteiger partial charge in [0, 0.05) is 21.8 Å². The average molecular weight is 392 g/mol. The summed E-state index contributed by atoms with van der Waals surface area (Å²) in [6, 6.07) is 20.4. The van der Waals surface area contributed by atoms with Gasteiger partial charge in [0.2, 0.25) is 5.91 Å². The summed E-state index contributed by atoms with van der Waals surface area (Å²) in [4.78, 5) is 13.5. The van der Waals surface area contributed by atoms with Crippen molar-refractivity contribution in [2.75, 3.05) is 5.32 Å². The third-order valence-electron chi connectivity index (χ3n) is 5.44. The first kappa shape index (κ1) is 18.6. The molecule has 1 heterocycles. The Kier molecular flexibility index (Phi) is 4.24. The first-order valence-electron chi connectivity index (χ1n) is 9.25. The molecule has 4 heteroatoms. The van der Waals surface area contributed by atoms with Crippen LogP contribution in [0.25, 0.3) is 0 Å². The van der Waals surface area contributed by atoms with Gasteiger partial charge in [0.05, 0.1) is 0 Å². The molecule has 1 aliphatic rings. The summed E-state index contributed by atoms with van der Waals surface area (Å²) in [5, 5.41) is 14.4. The Hall–Kier alpha value is -2.78. The predicted octanol–water partition coefficient (Wildman–Crippen LogP) is 5.63. The Morgan fingerprint density at radius 1 is 0.929 bits per heavy atom. The van der Waals surface area contributed by atoms with E-state index in [1.165, 1.54) is 0 Å². The number of carbonyl (C=O) groups is 1. The Bertz CT molecular complexity index is 1080. The molecule has 1 aliphatic heterocycles. The molecule has 0 spiro atoms. The minimum absolute atomic E-state index is 0.0832. The SMILES string of the molecule is CC(C)(C)c1ccc(O)c(C2(c3cccc(Cl)c3)C(=O)Nc3ccccc32)c1. The van der Waals surface area contributed by atoms with Crippen LogP contribution >= 0.6 is 11.6 Å². The first-order valence-corrected chi connectivity index (χ1v) is 9.63. The molecular formula is C24H22ClNO2. The largest absolute Gasteiger partial charge is 0.508 e. The number of phenolic OH excluding ortho intramolecular Hbond substituents is 1. The Balaban J connectivity index is 2.12. The quantitative estimate of drug-likeness (QED) is 0.594. The van der Waals surface area contributed by atoms with Crippen molar-refractivity contribution in [2.45, 2.75) is 31.6 Å². The number of phenols is 1. The summed E-state index contributed by atoms with van der Waals surface area (Å²) in [7, 11) is 0. The Morgan fingerprint density at radius 3 is 2.39 bits per heavy atom.